The fourth-order valence-electron chi connectivity index (χ4n) is 3.57. The van der Waals surface area contributed by atoms with Gasteiger partial charge in [-0.05, 0) is 62.8 Å². The van der Waals surface area contributed by atoms with Crippen molar-refractivity contribution in [3.05, 3.63) is 47.2 Å². The predicted molar refractivity (Wildman–Crippen MR) is 114 cm³/mol. The summed E-state index contributed by atoms with van der Waals surface area (Å²) in [6, 6.07) is 11.1. The summed E-state index contributed by atoms with van der Waals surface area (Å²) in [5.41, 5.74) is 2.10. The zero-order chi connectivity index (χ0) is 20.8. The van der Waals surface area contributed by atoms with E-state index in [-0.39, 0.29) is 5.91 Å². The van der Waals surface area contributed by atoms with E-state index in [0.717, 1.165) is 37.2 Å². The van der Waals surface area contributed by atoms with Crippen molar-refractivity contribution in [3.8, 4) is 6.07 Å². The van der Waals surface area contributed by atoms with Crippen LogP contribution in [0.4, 0.5) is 11.8 Å². The van der Waals surface area contributed by atoms with Crippen LogP contribution in [0.1, 0.15) is 47.3 Å². The molecule has 1 aromatic heterocycles. The summed E-state index contributed by atoms with van der Waals surface area (Å²) < 4.78 is 0. The van der Waals surface area contributed by atoms with E-state index in [1.165, 1.54) is 0 Å². The first kappa shape index (κ1) is 20.6. The number of carbonyl (C=O) groups is 1. The number of nitrogens with one attached hydrogen (secondary N) is 2. The van der Waals surface area contributed by atoms with Crippen LogP contribution >= 0.6 is 0 Å². The summed E-state index contributed by atoms with van der Waals surface area (Å²) in [6.07, 6.45) is 4.17. The van der Waals surface area contributed by atoms with Gasteiger partial charge in [0.15, 0.2) is 0 Å². The molecule has 1 aromatic carbocycles. The van der Waals surface area contributed by atoms with Gasteiger partial charge in [-0.3, -0.25) is 4.79 Å². The van der Waals surface area contributed by atoms with Gasteiger partial charge in [-0.2, -0.15) is 10.2 Å². The molecule has 2 aromatic rings. The molecule has 152 valence electrons. The largest absolute Gasteiger partial charge is 0.363 e. The molecule has 0 atom stereocenters. The van der Waals surface area contributed by atoms with Crippen molar-refractivity contribution in [2.24, 2.45) is 5.92 Å². The van der Waals surface area contributed by atoms with Crippen molar-refractivity contribution in [1.82, 2.24) is 15.3 Å². The van der Waals surface area contributed by atoms with E-state index in [0.29, 0.717) is 35.6 Å². The van der Waals surface area contributed by atoms with Gasteiger partial charge in [0.2, 0.25) is 5.95 Å². The highest BCUT2D eigenvalue weighted by atomic mass is 16.1. The molecule has 0 aliphatic heterocycles. The van der Waals surface area contributed by atoms with Gasteiger partial charge in [0.25, 0.3) is 5.91 Å². The highest BCUT2D eigenvalue weighted by Crippen LogP contribution is 2.26. The average molecular weight is 393 g/mol. The van der Waals surface area contributed by atoms with Crippen LogP contribution in [-0.2, 0) is 0 Å². The van der Waals surface area contributed by atoms with Crippen LogP contribution in [0.25, 0.3) is 0 Å². The quantitative estimate of drug-likeness (QED) is 0.784. The molecule has 1 heterocycles. The third-order valence-corrected chi connectivity index (χ3v) is 5.31. The Bertz CT molecular complexity index is 879. The Morgan fingerprint density at radius 3 is 2.48 bits per heavy atom. The standard InChI is InChI=1S/C22H28N6O/c1-15-12-20(28(2)3)27-22(25-15)26-19-10-6-17(7-11-19)14-24-21(29)18-8-4-16(13-23)5-9-18/h4-5,8-9,12,17,19H,6-7,10-11,14H2,1-3H3,(H,24,29)(H,25,26,27). The highest BCUT2D eigenvalue weighted by Gasteiger charge is 2.22. The summed E-state index contributed by atoms with van der Waals surface area (Å²) in [5.74, 6) is 1.98. The van der Waals surface area contributed by atoms with E-state index in [9.17, 15) is 4.79 Å². The van der Waals surface area contributed by atoms with Gasteiger partial charge in [-0.15, -0.1) is 0 Å². The van der Waals surface area contributed by atoms with Gasteiger partial charge >= 0.3 is 0 Å². The van der Waals surface area contributed by atoms with Crippen molar-refractivity contribution < 1.29 is 4.79 Å². The number of nitriles is 1. The minimum absolute atomic E-state index is 0.0842. The number of amides is 1. The number of hydrogen-bond donors (Lipinski definition) is 2. The van der Waals surface area contributed by atoms with Crippen LogP contribution in [-0.4, -0.2) is 42.6 Å². The Morgan fingerprint density at radius 2 is 1.86 bits per heavy atom. The molecule has 2 N–H and O–H groups in total. The molecule has 0 radical (unpaired) electrons. The van der Waals surface area contributed by atoms with Crippen molar-refractivity contribution >= 4 is 17.7 Å². The lowest BCUT2D eigenvalue weighted by Gasteiger charge is -2.29. The molecular weight excluding hydrogens is 364 g/mol. The normalized spacial score (nSPS) is 18.6. The smallest absolute Gasteiger partial charge is 0.251 e. The number of benzene rings is 1. The predicted octanol–water partition coefficient (Wildman–Crippen LogP) is 3.12. The number of nitrogens with zero attached hydrogens (tertiary/aromatic N) is 4. The van der Waals surface area contributed by atoms with Crippen LogP contribution in [0, 0.1) is 24.2 Å². The van der Waals surface area contributed by atoms with Crippen molar-refractivity contribution in [1.29, 1.82) is 5.26 Å². The Hall–Kier alpha value is -3.14. The van der Waals surface area contributed by atoms with Gasteiger partial charge in [0, 0.05) is 44.0 Å². The molecule has 1 aliphatic carbocycles. The molecule has 1 aliphatic rings. The second kappa shape index (κ2) is 9.37. The number of anilines is 2. The summed E-state index contributed by atoms with van der Waals surface area (Å²) in [6.45, 7) is 2.66. The fourth-order valence-corrected chi connectivity index (χ4v) is 3.57. The molecule has 1 fully saturated rings. The fraction of sp³-hybridized carbons (Fsp3) is 0.455. The summed E-state index contributed by atoms with van der Waals surface area (Å²) in [4.78, 5) is 23.4. The maximum absolute atomic E-state index is 12.3. The van der Waals surface area contributed by atoms with Crippen LogP contribution in [0.5, 0.6) is 0 Å². The second-order valence-electron chi connectivity index (χ2n) is 7.85. The molecule has 7 nitrogen and oxygen atoms in total. The Kier molecular flexibility index (Phi) is 6.65. The number of aryl methyl sites for hydroxylation is 1. The highest BCUT2D eigenvalue weighted by molar-refractivity contribution is 5.94. The number of rotatable bonds is 6. The average Bonchev–Trinajstić information content (AvgIpc) is 2.72. The maximum atomic E-state index is 12.3. The summed E-state index contributed by atoms with van der Waals surface area (Å²) in [5, 5.41) is 15.3. The van der Waals surface area contributed by atoms with Gasteiger partial charge < -0.3 is 15.5 Å². The van der Waals surface area contributed by atoms with Crippen molar-refractivity contribution in [3.63, 3.8) is 0 Å². The van der Waals surface area contributed by atoms with E-state index in [2.05, 4.69) is 26.7 Å². The zero-order valence-corrected chi connectivity index (χ0v) is 17.3. The molecule has 0 spiro atoms. The third-order valence-electron chi connectivity index (χ3n) is 5.31. The maximum Gasteiger partial charge on any atom is 0.251 e. The first-order valence-corrected chi connectivity index (χ1v) is 10.0. The van der Waals surface area contributed by atoms with E-state index < -0.39 is 0 Å². The minimum Gasteiger partial charge on any atom is -0.363 e. The van der Waals surface area contributed by atoms with Gasteiger partial charge in [0.05, 0.1) is 11.6 Å². The molecule has 0 saturated heterocycles. The molecule has 3 rings (SSSR count). The number of aromatic nitrogens is 2. The topological polar surface area (TPSA) is 93.9 Å². The SMILES string of the molecule is Cc1cc(N(C)C)nc(NC2CCC(CNC(=O)c3ccc(C#N)cc3)CC2)n1. The van der Waals surface area contributed by atoms with Crippen molar-refractivity contribution in [2.45, 2.75) is 38.6 Å². The van der Waals surface area contributed by atoms with E-state index in [1.54, 1.807) is 24.3 Å². The first-order chi connectivity index (χ1) is 13.9. The lowest BCUT2D eigenvalue weighted by Crippen LogP contribution is -2.34. The van der Waals surface area contributed by atoms with Crippen LogP contribution in [0.3, 0.4) is 0 Å². The van der Waals surface area contributed by atoms with E-state index in [1.807, 2.05) is 32.0 Å². The Morgan fingerprint density at radius 1 is 1.17 bits per heavy atom. The Balaban J connectivity index is 1.46. The molecule has 0 unspecified atom stereocenters. The van der Waals surface area contributed by atoms with Gasteiger partial charge in [-0.25, -0.2) is 4.98 Å². The minimum atomic E-state index is -0.0842. The van der Waals surface area contributed by atoms with Gasteiger partial charge in [0.1, 0.15) is 5.82 Å². The van der Waals surface area contributed by atoms with Crippen LogP contribution in [0.15, 0.2) is 30.3 Å². The monoisotopic (exact) mass is 392 g/mol. The number of carbonyl (C=O) groups excluding carboxylic acids is 1. The summed E-state index contributed by atoms with van der Waals surface area (Å²) >= 11 is 0. The lowest BCUT2D eigenvalue weighted by atomic mass is 9.86. The van der Waals surface area contributed by atoms with E-state index in [4.69, 9.17) is 5.26 Å². The number of hydrogen-bond acceptors (Lipinski definition) is 6. The lowest BCUT2D eigenvalue weighted by molar-refractivity contribution is 0.0943. The van der Waals surface area contributed by atoms with Crippen LogP contribution < -0.4 is 15.5 Å². The molecule has 1 saturated carbocycles. The zero-order valence-electron chi connectivity index (χ0n) is 17.3. The first-order valence-electron chi connectivity index (χ1n) is 10.0. The molecular formula is C22H28N6O. The molecule has 0 bridgehead atoms. The van der Waals surface area contributed by atoms with Gasteiger partial charge in [-0.1, -0.05) is 0 Å². The van der Waals surface area contributed by atoms with E-state index >= 15 is 0 Å². The molecule has 7 heteroatoms. The van der Waals surface area contributed by atoms with Crippen molar-refractivity contribution in [2.75, 3.05) is 30.9 Å². The molecule has 1 amide bonds. The second-order valence-corrected chi connectivity index (χ2v) is 7.85. The molecule has 29 heavy (non-hydrogen) atoms. The Labute approximate surface area is 172 Å². The summed E-state index contributed by atoms with van der Waals surface area (Å²) in [7, 11) is 3.95. The third kappa shape index (κ3) is 5.67. The van der Waals surface area contributed by atoms with Crippen LogP contribution in [0.2, 0.25) is 0 Å².